The first-order valence-corrected chi connectivity index (χ1v) is 8.28. The first-order chi connectivity index (χ1) is 8.72. The second-order valence-electron chi connectivity index (χ2n) is 4.87. The highest BCUT2D eigenvalue weighted by molar-refractivity contribution is 7.86. The van der Waals surface area contributed by atoms with E-state index in [0.717, 1.165) is 5.56 Å². The Labute approximate surface area is 125 Å². The summed E-state index contributed by atoms with van der Waals surface area (Å²) in [6.45, 7) is 5.78. The van der Waals surface area contributed by atoms with Crippen LogP contribution in [0.3, 0.4) is 0 Å². The summed E-state index contributed by atoms with van der Waals surface area (Å²) < 4.78 is 29.3. The highest BCUT2D eigenvalue weighted by Gasteiger charge is 2.27. The Morgan fingerprint density at radius 1 is 1.16 bits per heavy atom. The SMILES string of the molecule is Cc1ccc(S(=O)(=O)OC(CC(C)C)C(Cl)Cl)cc1. The molecule has 1 aromatic carbocycles. The van der Waals surface area contributed by atoms with Crippen LogP contribution in [0, 0.1) is 12.8 Å². The second-order valence-corrected chi connectivity index (χ2v) is 7.60. The Morgan fingerprint density at radius 3 is 2.11 bits per heavy atom. The maximum Gasteiger partial charge on any atom is 0.297 e. The smallest absolute Gasteiger partial charge is 0.260 e. The maximum atomic E-state index is 12.1. The summed E-state index contributed by atoms with van der Waals surface area (Å²) in [6.07, 6.45) is -0.266. The van der Waals surface area contributed by atoms with Crippen LogP contribution in [-0.2, 0) is 14.3 Å². The first kappa shape index (κ1) is 16.8. The number of hydrogen-bond donors (Lipinski definition) is 0. The van der Waals surface area contributed by atoms with Gasteiger partial charge in [0.2, 0.25) is 0 Å². The van der Waals surface area contributed by atoms with Crippen LogP contribution in [0.2, 0.25) is 0 Å². The predicted octanol–water partition coefficient (Wildman–Crippen LogP) is 3.92. The molecule has 0 aliphatic rings. The number of hydrogen-bond acceptors (Lipinski definition) is 3. The van der Waals surface area contributed by atoms with Gasteiger partial charge in [0, 0.05) is 0 Å². The van der Waals surface area contributed by atoms with Gasteiger partial charge in [-0.05, 0) is 31.4 Å². The Morgan fingerprint density at radius 2 is 1.68 bits per heavy atom. The molecule has 0 N–H and O–H groups in total. The molecule has 6 heteroatoms. The van der Waals surface area contributed by atoms with Gasteiger partial charge in [0.05, 0.1) is 4.90 Å². The molecule has 0 saturated heterocycles. The molecule has 0 radical (unpaired) electrons. The lowest BCUT2D eigenvalue weighted by Gasteiger charge is -2.20. The molecule has 1 atom stereocenters. The van der Waals surface area contributed by atoms with Gasteiger partial charge in [0.15, 0.2) is 0 Å². The first-order valence-electron chi connectivity index (χ1n) is 6.00. The molecule has 1 aromatic rings. The van der Waals surface area contributed by atoms with E-state index in [-0.39, 0.29) is 10.8 Å². The molecule has 0 spiro atoms. The topological polar surface area (TPSA) is 43.4 Å². The molecule has 108 valence electrons. The standard InChI is InChI=1S/C13H18Cl2O3S/c1-9(2)8-12(13(14)15)18-19(16,17)11-6-4-10(3)5-7-11/h4-7,9,12-13H,8H2,1-3H3. The zero-order chi connectivity index (χ0) is 14.6. The van der Waals surface area contributed by atoms with E-state index in [1.807, 2.05) is 20.8 Å². The molecular formula is C13H18Cl2O3S. The van der Waals surface area contributed by atoms with Crippen LogP contribution >= 0.6 is 23.2 Å². The molecular weight excluding hydrogens is 307 g/mol. The summed E-state index contributed by atoms with van der Waals surface area (Å²) in [7, 11) is -3.84. The maximum absolute atomic E-state index is 12.1. The minimum absolute atomic E-state index is 0.112. The Hall–Kier alpha value is -0.290. The van der Waals surface area contributed by atoms with E-state index in [2.05, 4.69) is 0 Å². The van der Waals surface area contributed by atoms with E-state index in [1.165, 1.54) is 12.1 Å². The Bertz CT molecular complexity index is 495. The van der Waals surface area contributed by atoms with Crippen molar-refractivity contribution >= 4 is 33.3 Å². The van der Waals surface area contributed by atoms with Crippen molar-refractivity contribution in [3.63, 3.8) is 0 Å². The van der Waals surface area contributed by atoms with Gasteiger partial charge in [-0.3, -0.25) is 4.18 Å². The highest BCUT2D eigenvalue weighted by atomic mass is 35.5. The molecule has 0 aliphatic carbocycles. The highest BCUT2D eigenvalue weighted by Crippen LogP contribution is 2.24. The van der Waals surface area contributed by atoms with Crippen molar-refractivity contribution < 1.29 is 12.6 Å². The van der Waals surface area contributed by atoms with Crippen molar-refractivity contribution in [3.8, 4) is 0 Å². The van der Waals surface area contributed by atoms with Gasteiger partial charge >= 0.3 is 0 Å². The molecule has 0 aliphatic heterocycles. The number of alkyl halides is 2. The third kappa shape index (κ3) is 5.30. The van der Waals surface area contributed by atoms with Gasteiger partial charge in [-0.2, -0.15) is 8.42 Å². The van der Waals surface area contributed by atoms with Crippen LogP contribution in [0.5, 0.6) is 0 Å². The fraction of sp³-hybridized carbons (Fsp3) is 0.538. The van der Waals surface area contributed by atoms with E-state index >= 15 is 0 Å². The molecule has 0 bridgehead atoms. The molecule has 19 heavy (non-hydrogen) atoms. The predicted molar refractivity (Wildman–Crippen MR) is 78.2 cm³/mol. The normalized spacial score (nSPS) is 14.1. The van der Waals surface area contributed by atoms with E-state index in [1.54, 1.807) is 12.1 Å². The van der Waals surface area contributed by atoms with E-state index in [4.69, 9.17) is 27.4 Å². The Balaban J connectivity index is 2.90. The molecule has 0 saturated carbocycles. The largest absolute Gasteiger partial charge is 0.297 e. The third-order valence-corrected chi connectivity index (χ3v) is 4.46. The number of benzene rings is 1. The quantitative estimate of drug-likeness (QED) is 0.588. The van der Waals surface area contributed by atoms with Gasteiger partial charge in [0.25, 0.3) is 10.1 Å². The van der Waals surface area contributed by atoms with Crippen LogP contribution in [0.15, 0.2) is 29.2 Å². The fourth-order valence-electron chi connectivity index (χ4n) is 1.57. The number of rotatable bonds is 6. The van der Waals surface area contributed by atoms with Gasteiger partial charge in [-0.15, -0.1) is 23.2 Å². The minimum atomic E-state index is -3.84. The monoisotopic (exact) mass is 324 g/mol. The zero-order valence-electron chi connectivity index (χ0n) is 11.1. The van der Waals surface area contributed by atoms with E-state index in [9.17, 15) is 8.42 Å². The molecule has 0 aromatic heterocycles. The van der Waals surface area contributed by atoms with Gasteiger partial charge in [0.1, 0.15) is 10.9 Å². The third-order valence-electron chi connectivity index (χ3n) is 2.54. The van der Waals surface area contributed by atoms with Crippen molar-refractivity contribution in [3.05, 3.63) is 29.8 Å². The van der Waals surface area contributed by atoms with Crippen LogP contribution < -0.4 is 0 Å². The lowest BCUT2D eigenvalue weighted by Crippen LogP contribution is -2.26. The average Bonchev–Trinajstić information content (AvgIpc) is 2.27. The van der Waals surface area contributed by atoms with Crippen molar-refractivity contribution in [1.82, 2.24) is 0 Å². The van der Waals surface area contributed by atoms with Gasteiger partial charge in [-0.1, -0.05) is 31.5 Å². The lowest BCUT2D eigenvalue weighted by molar-refractivity contribution is 0.195. The molecule has 0 heterocycles. The fourth-order valence-corrected chi connectivity index (χ4v) is 3.10. The van der Waals surface area contributed by atoms with E-state index in [0.29, 0.717) is 6.42 Å². The summed E-state index contributed by atoms with van der Waals surface area (Å²) in [5.74, 6) is 0.234. The van der Waals surface area contributed by atoms with Crippen LogP contribution in [0.4, 0.5) is 0 Å². The van der Waals surface area contributed by atoms with E-state index < -0.39 is 21.1 Å². The minimum Gasteiger partial charge on any atom is -0.260 e. The van der Waals surface area contributed by atoms with Crippen LogP contribution in [-0.4, -0.2) is 19.4 Å². The van der Waals surface area contributed by atoms with Crippen molar-refractivity contribution in [2.75, 3.05) is 0 Å². The summed E-state index contributed by atoms with van der Waals surface area (Å²) >= 11 is 11.6. The molecule has 0 fully saturated rings. The summed E-state index contributed by atoms with van der Waals surface area (Å²) in [6, 6.07) is 6.45. The summed E-state index contributed by atoms with van der Waals surface area (Å²) in [4.78, 5) is -0.775. The van der Waals surface area contributed by atoms with Crippen LogP contribution in [0.25, 0.3) is 0 Å². The van der Waals surface area contributed by atoms with Crippen molar-refractivity contribution in [1.29, 1.82) is 0 Å². The molecule has 3 nitrogen and oxygen atoms in total. The molecule has 1 rings (SSSR count). The lowest BCUT2D eigenvalue weighted by atomic mass is 10.1. The van der Waals surface area contributed by atoms with Gasteiger partial charge < -0.3 is 0 Å². The zero-order valence-corrected chi connectivity index (χ0v) is 13.5. The van der Waals surface area contributed by atoms with Crippen molar-refractivity contribution in [2.24, 2.45) is 5.92 Å². The number of aryl methyl sites for hydroxylation is 1. The van der Waals surface area contributed by atoms with Crippen LogP contribution in [0.1, 0.15) is 25.8 Å². The van der Waals surface area contributed by atoms with Gasteiger partial charge in [-0.25, -0.2) is 0 Å². The average molecular weight is 325 g/mol. The second kappa shape index (κ2) is 6.93. The van der Waals surface area contributed by atoms with Crippen molar-refractivity contribution in [2.45, 2.75) is 43.0 Å². The Kier molecular flexibility index (Phi) is 6.12. The summed E-state index contributed by atoms with van der Waals surface area (Å²) in [5.41, 5.74) is 0.977. The summed E-state index contributed by atoms with van der Waals surface area (Å²) in [5, 5.41) is 0. The molecule has 1 unspecified atom stereocenters. The number of halogens is 2. The molecule has 0 amide bonds.